The highest BCUT2D eigenvalue weighted by atomic mass is 35.5. The Bertz CT molecular complexity index is 461. The third-order valence-electron chi connectivity index (χ3n) is 3.38. The Kier molecular flexibility index (Phi) is 4.74. The fraction of sp³-hybridized carbons (Fsp3) is 0.538. The van der Waals surface area contributed by atoms with Crippen molar-refractivity contribution in [2.75, 3.05) is 6.61 Å². The first-order chi connectivity index (χ1) is 9.08. The lowest BCUT2D eigenvalue weighted by molar-refractivity contribution is -0.385. The number of hydrogen-bond donors (Lipinski definition) is 1. The topological polar surface area (TPSA) is 64.4 Å². The van der Waals surface area contributed by atoms with E-state index in [0.29, 0.717) is 17.1 Å². The molecule has 0 aliphatic carbocycles. The van der Waals surface area contributed by atoms with Crippen molar-refractivity contribution >= 4 is 17.3 Å². The molecule has 1 heterocycles. The van der Waals surface area contributed by atoms with Crippen LogP contribution >= 0.6 is 11.6 Å². The summed E-state index contributed by atoms with van der Waals surface area (Å²) in [6.07, 6.45) is 2.32. The van der Waals surface area contributed by atoms with Crippen molar-refractivity contribution in [3.8, 4) is 0 Å². The number of nitro groups is 1. The van der Waals surface area contributed by atoms with E-state index in [1.807, 2.05) is 6.92 Å². The summed E-state index contributed by atoms with van der Waals surface area (Å²) < 4.78 is 5.58. The zero-order chi connectivity index (χ0) is 13.8. The van der Waals surface area contributed by atoms with E-state index in [4.69, 9.17) is 16.3 Å². The zero-order valence-corrected chi connectivity index (χ0v) is 11.5. The summed E-state index contributed by atoms with van der Waals surface area (Å²) in [6.45, 7) is 3.28. The fourth-order valence-electron chi connectivity index (χ4n) is 2.26. The molecule has 0 spiro atoms. The minimum absolute atomic E-state index is 0.0551. The molecule has 2 rings (SSSR count). The van der Waals surface area contributed by atoms with Crippen LogP contribution in [0.15, 0.2) is 18.2 Å². The number of rotatable bonds is 5. The van der Waals surface area contributed by atoms with E-state index in [9.17, 15) is 10.1 Å². The standard InChI is InChI=1S/C13H17ClN2O3/c1-9(13-3-2-6-19-13)15-8-10-4-5-11(14)7-12(10)16(17)18/h4-5,7,9,13,15H,2-3,6,8H2,1H3. The molecule has 5 nitrogen and oxygen atoms in total. The largest absolute Gasteiger partial charge is 0.377 e. The van der Waals surface area contributed by atoms with Crippen molar-refractivity contribution in [3.63, 3.8) is 0 Å². The highest BCUT2D eigenvalue weighted by molar-refractivity contribution is 6.30. The van der Waals surface area contributed by atoms with Gasteiger partial charge in [0.05, 0.1) is 11.0 Å². The van der Waals surface area contributed by atoms with Crippen LogP contribution in [0.2, 0.25) is 5.02 Å². The van der Waals surface area contributed by atoms with E-state index < -0.39 is 4.92 Å². The minimum atomic E-state index is -0.403. The molecule has 1 saturated heterocycles. The monoisotopic (exact) mass is 284 g/mol. The molecule has 0 saturated carbocycles. The van der Waals surface area contributed by atoms with Crippen LogP contribution in [0, 0.1) is 10.1 Å². The number of nitrogens with one attached hydrogen (secondary N) is 1. The number of nitro benzene ring substituents is 1. The van der Waals surface area contributed by atoms with Crippen LogP contribution < -0.4 is 5.32 Å². The molecule has 1 aromatic rings. The third kappa shape index (κ3) is 3.65. The van der Waals surface area contributed by atoms with Crippen LogP contribution in [-0.2, 0) is 11.3 Å². The van der Waals surface area contributed by atoms with E-state index in [1.54, 1.807) is 12.1 Å². The first-order valence-electron chi connectivity index (χ1n) is 6.35. The van der Waals surface area contributed by atoms with E-state index in [0.717, 1.165) is 19.4 Å². The van der Waals surface area contributed by atoms with Gasteiger partial charge in [0.2, 0.25) is 0 Å². The third-order valence-corrected chi connectivity index (χ3v) is 3.62. The Hall–Kier alpha value is -1.17. The molecule has 0 aromatic heterocycles. The maximum atomic E-state index is 11.0. The Labute approximate surface area is 117 Å². The molecule has 0 bridgehead atoms. The average Bonchev–Trinajstić information content (AvgIpc) is 2.90. The summed E-state index contributed by atoms with van der Waals surface area (Å²) in [5, 5.41) is 14.6. The highest BCUT2D eigenvalue weighted by Crippen LogP contribution is 2.23. The van der Waals surface area contributed by atoms with E-state index >= 15 is 0 Å². The quantitative estimate of drug-likeness (QED) is 0.667. The first kappa shape index (κ1) is 14.2. The van der Waals surface area contributed by atoms with Crippen molar-refractivity contribution in [2.45, 2.75) is 38.5 Å². The molecule has 1 fully saturated rings. The molecule has 2 unspecified atom stereocenters. The summed E-state index contributed by atoms with van der Waals surface area (Å²) in [5.74, 6) is 0. The first-order valence-corrected chi connectivity index (χ1v) is 6.73. The molecule has 104 valence electrons. The Balaban J connectivity index is 2.00. The van der Waals surface area contributed by atoms with Crippen molar-refractivity contribution in [1.82, 2.24) is 5.32 Å². The summed E-state index contributed by atoms with van der Waals surface area (Å²) in [5.41, 5.74) is 0.693. The molecule has 2 atom stereocenters. The van der Waals surface area contributed by atoms with Gasteiger partial charge in [0.1, 0.15) is 0 Å². The van der Waals surface area contributed by atoms with Crippen LogP contribution in [0.1, 0.15) is 25.3 Å². The molecule has 0 radical (unpaired) electrons. The number of nitrogens with zero attached hydrogens (tertiary/aromatic N) is 1. The molecule has 19 heavy (non-hydrogen) atoms. The lowest BCUT2D eigenvalue weighted by Crippen LogP contribution is -2.36. The van der Waals surface area contributed by atoms with Gasteiger partial charge in [-0.3, -0.25) is 10.1 Å². The molecule has 0 amide bonds. The zero-order valence-electron chi connectivity index (χ0n) is 10.8. The lowest BCUT2D eigenvalue weighted by atomic mass is 10.1. The van der Waals surface area contributed by atoms with E-state index in [1.165, 1.54) is 6.07 Å². The lowest BCUT2D eigenvalue weighted by Gasteiger charge is -2.20. The Morgan fingerprint density at radius 1 is 1.63 bits per heavy atom. The Morgan fingerprint density at radius 2 is 2.42 bits per heavy atom. The van der Waals surface area contributed by atoms with Gasteiger partial charge < -0.3 is 10.1 Å². The second kappa shape index (κ2) is 6.32. The van der Waals surface area contributed by atoms with Gasteiger partial charge in [0, 0.05) is 35.8 Å². The minimum Gasteiger partial charge on any atom is -0.377 e. The molecular formula is C13H17ClN2O3. The summed E-state index contributed by atoms with van der Waals surface area (Å²) in [4.78, 5) is 10.6. The van der Waals surface area contributed by atoms with E-state index in [2.05, 4.69) is 5.32 Å². The van der Waals surface area contributed by atoms with Crippen LogP contribution in [0.3, 0.4) is 0 Å². The number of hydrogen-bond acceptors (Lipinski definition) is 4. The van der Waals surface area contributed by atoms with Gasteiger partial charge >= 0.3 is 0 Å². The number of halogens is 1. The maximum Gasteiger partial charge on any atom is 0.275 e. The summed E-state index contributed by atoms with van der Waals surface area (Å²) >= 11 is 5.78. The predicted octanol–water partition coefficient (Wildman–Crippen LogP) is 2.91. The van der Waals surface area contributed by atoms with Crippen LogP contribution in [0.4, 0.5) is 5.69 Å². The van der Waals surface area contributed by atoms with Crippen molar-refractivity contribution in [1.29, 1.82) is 0 Å². The number of benzene rings is 1. The van der Waals surface area contributed by atoms with Crippen LogP contribution in [-0.4, -0.2) is 23.7 Å². The highest BCUT2D eigenvalue weighted by Gasteiger charge is 2.23. The molecule has 1 aliphatic rings. The molecule has 1 aromatic carbocycles. The second-order valence-corrected chi connectivity index (χ2v) is 5.19. The normalized spacial score (nSPS) is 20.4. The van der Waals surface area contributed by atoms with Gasteiger partial charge in [-0.1, -0.05) is 11.6 Å². The van der Waals surface area contributed by atoms with Gasteiger partial charge in [0.25, 0.3) is 5.69 Å². The average molecular weight is 285 g/mol. The summed E-state index contributed by atoms with van der Waals surface area (Å²) in [6, 6.07) is 4.92. The van der Waals surface area contributed by atoms with Gasteiger partial charge in [-0.25, -0.2) is 0 Å². The predicted molar refractivity (Wildman–Crippen MR) is 73.4 cm³/mol. The van der Waals surface area contributed by atoms with Crippen molar-refractivity contribution < 1.29 is 9.66 Å². The van der Waals surface area contributed by atoms with Gasteiger partial charge in [-0.05, 0) is 31.9 Å². The molecular weight excluding hydrogens is 268 g/mol. The second-order valence-electron chi connectivity index (χ2n) is 4.75. The van der Waals surface area contributed by atoms with Crippen LogP contribution in [0.25, 0.3) is 0 Å². The number of ether oxygens (including phenoxy) is 1. The Morgan fingerprint density at radius 3 is 3.05 bits per heavy atom. The van der Waals surface area contributed by atoms with Crippen LogP contribution in [0.5, 0.6) is 0 Å². The van der Waals surface area contributed by atoms with Gasteiger partial charge in [0.15, 0.2) is 0 Å². The van der Waals surface area contributed by atoms with Crippen molar-refractivity contribution in [3.05, 3.63) is 38.9 Å². The molecule has 1 N–H and O–H groups in total. The summed E-state index contributed by atoms with van der Waals surface area (Å²) in [7, 11) is 0. The SMILES string of the molecule is CC(NCc1ccc(Cl)cc1[N+](=O)[O-])C1CCCO1. The fourth-order valence-corrected chi connectivity index (χ4v) is 2.42. The van der Waals surface area contributed by atoms with E-state index in [-0.39, 0.29) is 17.8 Å². The molecule has 1 aliphatic heterocycles. The van der Waals surface area contributed by atoms with Crippen molar-refractivity contribution in [2.24, 2.45) is 0 Å². The molecule has 6 heteroatoms. The smallest absolute Gasteiger partial charge is 0.275 e. The van der Waals surface area contributed by atoms with Gasteiger partial charge in [-0.15, -0.1) is 0 Å². The van der Waals surface area contributed by atoms with Gasteiger partial charge in [-0.2, -0.15) is 0 Å². The maximum absolute atomic E-state index is 11.0.